The first kappa shape index (κ1) is 22.0. The first-order chi connectivity index (χ1) is 15.7. The zero-order valence-corrected chi connectivity index (χ0v) is 19.0. The number of hydrogen-bond acceptors (Lipinski definition) is 4. The third-order valence-electron chi connectivity index (χ3n) is 5.97. The molecular weight excluding hydrogens is 398 g/mol. The summed E-state index contributed by atoms with van der Waals surface area (Å²) in [5, 5.41) is 11.2. The molecule has 0 bridgehead atoms. The number of aromatic nitrogens is 3. The van der Waals surface area contributed by atoms with Crippen LogP contribution < -0.4 is 10.6 Å². The highest BCUT2D eigenvalue weighted by atomic mass is 15.3. The molecule has 3 aromatic rings. The molecule has 0 amide bonds. The van der Waals surface area contributed by atoms with Crippen molar-refractivity contribution < 1.29 is 0 Å². The normalized spacial score (nSPS) is 19.6. The number of rotatable bonds is 7. The number of likely N-dealkylation sites (tertiary alicyclic amines) is 1. The molecule has 2 unspecified atom stereocenters. The molecule has 1 fully saturated rings. The lowest BCUT2D eigenvalue weighted by molar-refractivity contribution is 0.134. The maximum Gasteiger partial charge on any atom is 0.191 e. The van der Waals surface area contributed by atoms with Gasteiger partial charge < -0.3 is 10.6 Å². The van der Waals surface area contributed by atoms with Gasteiger partial charge in [0.15, 0.2) is 5.96 Å². The van der Waals surface area contributed by atoms with Crippen LogP contribution in [0, 0.1) is 0 Å². The van der Waals surface area contributed by atoms with Crippen LogP contribution in [-0.4, -0.2) is 50.8 Å². The van der Waals surface area contributed by atoms with Crippen molar-refractivity contribution in [2.45, 2.75) is 51.9 Å². The van der Waals surface area contributed by atoms with E-state index in [4.69, 9.17) is 4.99 Å². The van der Waals surface area contributed by atoms with Gasteiger partial charge in [-0.2, -0.15) is 5.10 Å². The molecule has 2 heterocycles. The van der Waals surface area contributed by atoms with Gasteiger partial charge in [-0.3, -0.25) is 4.90 Å². The summed E-state index contributed by atoms with van der Waals surface area (Å²) in [6.07, 6.45) is 5.48. The summed E-state index contributed by atoms with van der Waals surface area (Å²) >= 11 is 0. The van der Waals surface area contributed by atoms with Gasteiger partial charge in [-0.15, -0.1) is 0 Å². The Hall–Kier alpha value is -3.19. The van der Waals surface area contributed by atoms with E-state index in [2.05, 4.69) is 81.9 Å². The van der Waals surface area contributed by atoms with Crippen LogP contribution in [0.15, 0.2) is 72.2 Å². The largest absolute Gasteiger partial charge is 0.357 e. The average molecular weight is 432 g/mol. The van der Waals surface area contributed by atoms with Gasteiger partial charge in [0.25, 0.3) is 0 Å². The lowest BCUT2D eigenvalue weighted by Gasteiger charge is -2.38. The quantitative estimate of drug-likeness (QED) is 0.443. The van der Waals surface area contributed by atoms with Crippen molar-refractivity contribution in [1.29, 1.82) is 0 Å². The molecule has 168 valence electrons. The number of nitrogens with zero attached hydrogens (tertiary/aromatic N) is 5. The van der Waals surface area contributed by atoms with E-state index in [1.165, 1.54) is 5.56 Å². The van der Waals surface area contributed by atoms with Crippen LogP contribution in [0.25, 0.3) is 5.69 Å². The predicted molar refractivity (Wildman–Crippen MR) is 129 cm³/mol. The number of guanidine groups is 1. The first-order valence-corrected chi connectivity index (χ1v) is 11.5. The highest BCUT2D eigenvalue weighted by Gasteiger charge is 2.25. The molecular formula is C25H33N7. The maximum atomic E-state index is 4.83. The van der Waals surface area contributed by atoms with Crippen LogP contribution >= 0.6 is 0 Å². The molecule has 7 heteroatoms. The molecule has 7 nitrogen and oxygen atoms in total. The third-order valence-corrected chi connectivity index (χ3v) is 5.97. The molecule has 0 saturated carbocycles. The van der Waals surface area contributed by atoms with Gasteiger partial charge in [0.05, 0.1) is 12.2 Å². The highest BCUT2D eigenvalue weighted by Crippen LogP contribution is 2.20. The standard InChI is InChI=1S/C25H33N7/c1-3-27-25(28-16-21-9-11-24(12-10-21)32-19-26-18-29-32)30-23-13-14-31(20(2)15-23)17-22-7-5-4-6-8-22/h4-12,18-20,23H,3,13-17H2,1-2H3,(H2,27,28,30). The molecule has 0 radical (unpaired) electrons. The topological polar surface area (TPSA) is 70.4 Å². The van der Waals surface area contributed by atoms with Crippen LogP contribution in [0.4, 0.5) is 0 Å². The van der Waals surface area contributed by atoms with Gasteiger partial charge in [-0.25, -0.2) is 14.7 Å². The van der Waals surface area contributed by atoms with E-state index in [-0.39, 0.29) is 0 Å². The van der Waals surface area contributed by atoms with Crippen molar-refractivity contribution in [3.05, 3.63) is 78.4 Å². The minimum atomic E-state index is 0.435. The Morgan fingerprint density at radius 1 is 1.09 bits per heavy atom. The summed E-state index contributed by atoms with van der Waals surface area (Å²) in [5.74, 6) is 0.890. The summed E-state index contributed by atoms with van der Waals surface area (Å²) in [5.41, 5.74) is 3.55. The lowest BCUT2D eigenvalue weighted by atomic mass is 9.97. The van der Waals surface area contributed by atoms with Crippen LogP contribution in [0.1, 0.15) is 37.8 Å². The first-order valence-electron chi connectivity index (χ1n) is 11.5. The zero-order chi connectivity index (χ0) is 22.2. The molecule has 0 spiro atoms. The summed E-state index contributed by atoms with van der Waals surface area (Å²) in [6, 6.07) is 20.0. The van der Waals surface area contributed by atoms with Crippen molar-refractivity contribution >= 4 is 5.96 Å². The maximum absolute atomic E-state index is 4.83. The second kappa shape index (κ2) is 10.9. The molecule has 32 heavy (non-hydrogen) atoms. The summed E-state index contributed by atoms with van der Waals surface area (Å²) in [4.78, 5) is 11.4. The number of piperidine rings is 1. The summed E-state index contributed by atoms with van der Waals surface area (Å²) in [7, 11) is 0. The highest BCUT2D eigenvalue weighted by molar-refractivity contribution is 5.80. The van der Waals surface area contributed by atoms with E-state index < -0.39 is 0 Å². The number of aliphatic imine (C=N–C) groups is 1. The Kier molecular flexibility index (Phi) is 7.51. The molecule has 1 aliphatic heterocycles. The van der Waals surface area contributed by atoms with Crippen LogP contribution in [0.5, 0.6) is 0 Å². The third kappa shape index (κ3) is 5.95. The van der Waals surface area contributed by atoms with Crippen molar-refractivity contribution in [3.8, 4) is 5.69 Å². The van der Waals surface area contributed by atoms with Gasteiger partial charge in [0.2, 0.25) is 0 Å². The van der Waals surface area contributed by atoms with Gasteiger partial charge in [-0.05, 0) is 49.9 Å². The van der Waals surface area contributed by atoms with Gasteiger partial charge >= 0.3 is 0 Å². The summed E-state index contributed by atoms with van der Waals surface area (Å²) in [6.45, 7) is 8.03. The molecule has 2 N–H and O–H groups in total. The zero-order valence-electron chi connectivity index (χ0n) is 19.0. The Balaban J connectivity index is 1.31. The second-order valence-corrected chi connectivity index (χ2v) is 8.37. The van der Waals surface area contributed by atoms with Crippen molar-refractivity contribution in [2.75, 3.05) is 13.1 Å². The number of hydrogen-bond donors (Lipinski definition) is 2. The fraction of sp³-hybridized carbons (Fsp3) is 0.400. The minimum Gasteiger partial charge on any atom is -0.357 e. The molecule has 4 rings (SSSR count). The fourth-order valence-corrected chi connectivity index (χ4v) is 4.18. The van der Waals surface area contributed by atoms with Crippen molar-refractivity contribution in [1.82, 2.24) is 30.3 Å². The second-order valence-electron chi connectivity index (χ2n) is 8.37. The van der Waals surface area contributed by atoms with Crippen LogP contribution in [-0.2, 0) is 13.1 Å². The molecule has 2 atom stereocenters. The molecule has 1 aliphatic rings. The molecule has 1 aromatic heterocycles. The lowest BCUT2D eigenvalue weighted by Crippen LogP contribution is -2.51. The number of nitrogens with one attached hydrogen (secondary N) is 2. The Morgan fingerprint density at radius 3 is 2.59 bits per heavy atom. The number of benzene rings is 2. The van der Waals surface area contributed by atoms with E-state index in [9.17, 15) is 0 Å². The summed E-state index contributed by atoms with van der Waals surface area (Å²) < 4.78 is 1.75. The Morgan fingerprint density at radius 2 is 1.91 bits per heavy atom. The fourth-order valence-electron chi connectivity index (χ4n) is 4.18. The van der Waals surface area contributed by atoms with Crippen molar-refractivity contribution in [3.63, 3.8) is 0 Å². The molecule has 2 aromatic carbocycles. The van der Waals surface area contributed by atoms with E-state index in [1.807, 2.05) is 12.1 Å². The minimum absolute atomic E-state index is 0.435. The Labute approximate surface area is 190 Å². The van der Waals surface area contributed by atoms with Gasteiger partial charge in [-0.1, -0.05) is 42.5 Å². The smallest absolute Gasteiger partial charge is 0.191 e. The predicted octanol–water partition coefficient (Wildman–Crippen LogP) is 3.38. The van der Waals surface area contributed by atoms with E-state index in [0.717, 1.165) is 49.7 Å². The Bertz CT molecular complexity index is 967. The van der Waals surface area contributed by atoms with Gasteiger partial charge in [0, 0.05) is 31.7 Å². The van der Waals surface area contributed by atoms with E-state index >= 15 is 0 Å². The monoisotopic (exact) mass is 431 g/mol. The van der Waals surface area contributed by atoms with E-state index in [1.54, 1.807) is 17.3 Å². The van der Waals surface area contributed by atoms with Crippen LogP contribution in [0.3, 0.4) is 0 Å². The van der Waals surface area contributed by atoms with E-state index in [0.29, 0.717) is 18.6 Å². The molecule has 0 aliphatic carbocycles. The molecule has 1 saturated heterocycles. The average Bonchev–Trinajstić information content (AvgIpc) is 3.36. The van der Waals surface area contributed by atoms with Crippen molar-refractivity contribution in [2.24, 2.45) is 4.99 Å². The van der Waals surface area contributed by atoms with Crippen LogP contribution in [0.2, 0.25) is 0 Å². The SMILES string of the molecule is CCNC(=NCc1ccc(-n2cncn2)cc1)NC1CCN(Cc2ccccc2)C(C)C1. The van der Waals surface area contributed by atoms with Gasteiger partial charge in [0.1, 0.15) is 12.7 Å².